The Balaban J connectivity index is 2.29. The summed E-state index contributed by atoms with van der Waals surface area (Å²) in [7, 11) is -0.363. The van der Waals surface area contributed by atoms with Crippen molar-refractivity contribution in [1.82, 2.24) is 9.97 Å². The summed E-state index contributed by atoms with van der Waals surface area (Å²) in [6.45, 7) is 10.3. The van der Waals surface area contributed by atoms with E-state index in [0.29, 0.717) is 0 Å². The van der Waals surface area contributed by atoms with Crippen LogP contribution >= 0.6 is 0 Å². The molecular weight excluding hydrogens is 227 g/mol. The van der Waals surface area contributed by atoms with E-state index >= 15 is 0 Å². The molecule has 5 heteroatoms. The van der Waals surface area contributed by atoms with Crippen molar-refractivity contribution < 1.29 is 9.31 Å². The summed E-state index contributed by atoms with van der Waals surface area (Å²) >= 11 is 0. The fraction of sp³-hybridized carbons (Fsp3) is 0.692. The number of nitrogens with zero attached hydrogens (tertiary/aromatic N) is 2. The van der Waals surface area contributed by atoms with E-state index in [2.05, 4.69) is 44.6 Å². The van der Waals surface area contributed by atoms with Gasteiger partial charge in [0.25, 0.3) is 0 Å². The van der Waals surface area contributed by atoms with E-state index in [1.165, 1.54) is 0 Å². The zero-order chi connectivity index (χ0) is 13.4. The maximum absolute atomic E-state index is 6.03. The van der Waals surface area contributed by atoms with Gasteiger partial charge in [0.2, 0.25) is 0 Å². The Bertz CT molecular complexity index is 419. The van der Waals surface area contributed by atoms with Gasteiger partial charge in [-0.1, -0.05) is 13.3 Å². The molecule has 1 aromatic rings. The quantitative estimate of drug-likeness (QED) is 0.764. The molecular formula is C13H21BN2O2. The van der Waals surface area contributed by atoms with Gasteiger partial charge in [-0.25, -0.2) is 9.97 Å². The van der Waals surface area contributed by atoms with Crippen molar-refractivity contribution in [2.45, 2.75) is 58.7 Å². The molecule has 1 fully saturated rings. The molecule has 1 aliphatic heterocycles. The van der Waals surface area contributed by atoms with Crippen LogP contribution in [-0.2, 0) is 15.7 Å². The van der Waals surface area contributed by atoms with E-state index in [9.17, 15) is 0 Å². The predicted octanol–water partition coefficient (Wildman–Crippen LogP) is 1.73. The molecule has 1 saturated heterocycles. The van der Waals surface area contributed by atoms with Crippen molar-refractivity contribution in [1.29, 1.82) is 0 Å². The number of hydrogen-bond acceptors (Lipinski definition) is 4. The zero-order valence-corrected chi connectivity index (χ0v) is 11.9. The van der Waals surface area contributed by atoms with Crippen molar-refractivity contribution >= 4 is 12.6 Å². The standard InChI is InChI=1S/C13H21BN2O2/c1-6-7-11-10(8-15-9-16-11)14-17-12(2,3)13(4,5)18-14/h8-9H,6-7H2,1-5H3. The molecule has 0 unspecified atom stereocenters. The van der Waals surface area contributed by atoms with E-state index in [4.69, 9.17) is 9.31 Å². The first-order chi connectivity index (χ1) is 8.37. The van der Waals surface area contributed by atoms with E-state index in [1.54, 1.807) is 12.5 Å². The minimum absolute atomic E-state index is 0.322. The molecule has 0 N–H and O–H groups in total. The Morgan fingerprint density at radius 1 is 1.17 bits per heavy atom. The van der Waals surface area contributed by atoms with Crippen LogP contribution in [0.15, 0.2) is 12.5 Å². The maximum Gasteiger partial charge on any atom is 0.498 e. The second-order valence-corrected chi connectivity index (χ2v) is 5.76. The highest BCUT2D eigenvalue weighted by Crippen LogP contribution is 2.36. The molecule has 2 heterocycles. The molecule has 1 aromatic heterocycles. The third-order valence-corrected chi connectivity index (χ3v) is 3.82. The molecule has 0 saturated carbocycles. The average Bonchev–Trinajstić information content (AvgIpc) is 2.49. The molecule has 0 aliphatic carbocycles. The molecule has 18 heavy (non-hydrogen) atoms. The smallest absolute Gasteiger partial charge is 0.399 e. The largest absolute Gasteiger partial charge is 0.498 e. The van der Waals surface area contributed by atoms with E-state index in [-0.39, 0.29) is 18.3 Å². The zero-order valence-electron chi connectivity index (χ0n) is 11.9. The Kier molecular flexibility index (Phi) is 3.47. The first kappa shape index (κ1) is 13.5. The molecule has 0 aromatic carbocycles. The lowest BCUT2D eigenvalue weighted by Gasteiger charge is -2.32. The second-order valence-electron chi connectivity index (χ2n) is 5.76. The van der Waals surface area contributed by atoms with Gasteiger partial charge < -0.3 is 9.31 Å². The third-order valence-electron chi connectivity index (χ3n) is 3.82. The summed E-state index contributed by atoms with van der Waals surface area (Å²) < 4.78 is 12.1. The van der Waals surface area contributed by atoms with Crippen molar-refractivity contribution in [3.63, 3.8) is 0 Å². The monoisotopic (exact) mass is 248 g/mol. The predicted molar refractivity (Wildman–Crippen MR) is 71.7 cm³/mol. The van der Waals surface area contributed by atoms with Crippen LogP contribution in [0.1, 0.15) is 46.7 Å². The van der Waals surface area contributed by atoms with Crippen molar-refractivity contribution in [2.75, 3.05) is 0 Å². The fourth-order valence-electron chi connectivity index (χ4n) is 1.98. The molecule has 0 amide bonds. The third kappa shape index (κ3) is 2.29. The Hall–Kier alpha value is -0.935. The molecule has 1 aliphatic rings. The lowest BCUT2D eigenvalue weighted by molar-refractivity contribution is 0.00578. The number of aryl methyl sites for hydroxylation is 1. The highest BCUT2D eigenvalue weighted by atomic mass is 16.7. The summed E-state index contributed by atoms with van der Waals surface area (Å²) in [6.07, 6.45) is 5.35. The summed E-state index contributed by atoms with van der Waals surface area (Å²) in [5.41, 5.74) is 1.33. The van der Waals surface area contributed by atoms with E-state index in [0.717, 1.165) is 24.0 Å². The minimum Gasteiger partial charge on any atom is -0.399 e. The van der Waals surface area contributed by atoms with E-state index < -0.39 is 0 Å². The van der Waals surface area contributed by atoms with Crippen LogP contribution in [0.3, 0.4) is 0 Å². The van der Waals surface area contributed by atoms with Crippen molar-refractivity contribution in [2.24, 2.45) is 0 Å². The topological polar surface area (TPSA) is 44.2 Å². The molecule has 98 valence electrons. The van der Waals surface area contributed by atoms with Gasteiger partial charge >= 0.3 is 7.12 Å². The first-order valence-electron chi connectivity index (χ1n) is 6.52. The first-order valence-corrected chi connectivity index (χ1v) is 6.52. The van der Waals surface area contributed by atoms with Crippen LogP contribution in [0, 0.1) is 0 Å². The van der Waals surface area contributed by atoms with Crippen molar-refractivity contribution in [3.05, 3.63) is 18.2 Å². The Labute approximate surface area is 109 Å². The van der Waals surface area contributed by atoms with Crippen LogP contribution in [0.4, 0.5) is 0 Å². The Morgan fingerprint density at radius 3 is 2.33 bits per heavy atom. The highest BCUT2D eigenvalue weighted by Gasteiger charge is 2.52. The van der Waals surface area contributed by atoms with Gasteiger partial charge in [-0.15, -0.1) is 0 Å². The van der Waals surface area contributed by atoms with Crippen LogP contribution in [0.5, 0.6) is 0 Å². The van der Waals surface area contributed by atoms with Gasteiger partial charge in [-0.05, 0) is 34.1 Å². The van der Waals surface area contributed by atoms with E-state index in [1.807, 2.05) is 0 Å². The van der Waals surface area contributed by atoms with Gasteiger partial charge in [-0.3, -0.25) is 0 Å². The number of aromatic nitrogens is 2. The highest BCUT2D eigenvalue weighted by molar-refractivity contribution is 6.62. The normalized spacial score (nSPS) is 21.3. The van der Waals surface area contributed by atoms with Crippen LogP contribution in [-0.4, -0.2) is 28.3 Å². The van der Waals surface area contributed by atoms with Gasteiger partial charge in [-0.2, -0.15) is 0 Å². The van der Waals surface area contributed by atoms with Gasteiger partial charge in [0.05, 0.1) is 11.2 Å². The lowest BCUT2D eigenvalue weighted by atomic mass is 9.78. The van der Waals surface area contributed by atoms with Crippen LogP contribution in [0.25, 0.3) is 0 Å². The van der Waals surface area contributed by atoms with Crippen molar-refractivity contribution in [3.8, 4) is 0 Å². The maximum atomic E-state index is 6.03. The Morgan fingerprint density at radius 2 is 1.78 bits per heavy atom. The summed E-state index contributed by atoms with van der Waals surface area (Å²) in [5.74, 6) is 0. The summed E-state index contributed by atoms with van der Waals surface area (Å²) in [5, 5.41) is 0. The van der Waals surface area contributed by atoms with Gasteiger partial charge in [0.15, 0.2) is 0 Å². The molecule has 4 nitrogen and oxygen atoms in total. The van der Waals surface area contributed by atoms with Crippen LogP contribution in [0.2, 0.25) is 0 Å². The minimum atomic E-state index is -0.363. The average molecular weight is 248 g/mol. The number of hydrogen-bond donors (Lipinski definition) is 0. The van der Waals surface area contributed by atoms with Crippen LogP contribution < -0.4 is 5.46 Å². The molecule has 0 radical (unpaired) electrons. The molecule has 0 bridgehead atoms. The molecule has 0 atom stereocenters. The summed E-state index contributed by atoms with van der Waals surface area (Å²) in [6, 6.07) is 0. The molecule has 0 spiro atoms. The molecule has 2 rings (SSSR count). The second kappa shape index (κ2) is 4.63. The van der Waals surface area contributed by atoms with Gasteiger partial charge in [0.1, 0.15) is 6.33 Å². The van der Waals surface area contributed by atoms with Gasteiger partial charge in [0, 0.05) is 17.4 Å². The lowest BCUT2D eigenvalue weighted by Crippen LogP contribution is -2.41. The summed E-state index contributed by atoms with van der Waals surface area (Å²) in [4.78, 5) is 8.43. The number of rotatable bonds is 3. The SMILES string of the molecule is CCCc1ncncc1B1OC(C)(C)C(C)(C)O1. The fourth-order valence-corrected chi connectivity index (χ4v) is 1.98.